The van der Waals surface area contributed by atoms with Crippen molar-refractivity contribution in [2.75, 3.05) is 0 Å². The zero-order valence-electron chi connectivity index (χ0n) is 14.1. The Morgan fingerprint density at radius 3 is 2.46 bits per heavy atom. The van der Waals surface area contributed by atoms with Gasteiger partial charge < -0.3 is 9.15 Å². The van der Waals surface area contributed by atoms with Gasteiger partial charge in [0.25, 0.3) is 5.95 Å². The van der Waals surface area contributed by atoms with Crippen molar-refractivity contribution in [3.63, 3.8) is 0 Å². The van der Waals surface area contributed by atoms with Gasteiger partial charge in [0.2, 0.25) is 0 Å². The molecule has 124 valence electrons. The molecular weight excluding hydrogens is 300 g/mol. The average Bonchev–Trinajstić information content (AvgIpc) is 2.59. The summed E-state index contributed by atoms with van der Waals surface area (Å²) in [5, 5.41) is 0.569. The highest BCUT2D eigenvalue weighted by Gasteiger charge is 2.05. The first kappa shape index (κ1) is 16.3. The quantitative estimate of drug-likeness (QED) is 0.644. The molecule has 0 fully saturated rings. The smallest absolute Gasteiger partial charge is 0.289 e. The van der Waals surface area contributed by atoms with E-state index in [9.17, 15) is 4.79 Å². The summed E-state index contributed by atoms with van der Waals surface area (Å²) in [7, 11) is 0. The Balaban J connectivity index is 1.66. The predicted octanol–water partition coefficient (Wildman–Crippen LogP) is 4.96. The zero-order chi connectivity index (χ0) is 16.9. The lowest BCUT2D eigenvalue weighted by atomic mass is 10.0. The van der Waals surface area contributed by atoms with Crippen LogP contribution >= 0.6 is 0 Å². The summed E-state index contributed by atoms with van der Waals surface area (Å²) < 4.78 is 11.3. The van der Waals surface area contributed by atoms with Gasteiger partial charge in [-0.3, -0.25) is 4.79 Å². The van der Waals surface area contributed by atoms with E-state index in [1.165, 1.54) is 18.1 Å². The van der Waals surface area contributed by atoms with Gasteiger partial charge in [0.1, 0.15) is 12.2 Å². The maximum atomic E-state index is 12.0. The monoisotopic (exact) mass is 322 g/mol. The van der Waals surface area contributed by atoms with E-state index in [0.717, 1.165) is 12.0 Å². The van der Waals surface area contributed by atoms with Crippen LogP contribution in [0.25, 0.3) is 11.0 Å². The molecule has 3 aromatic rings. The molecule has 0 unspecified atom stereocenters. The Morgan fingerprint density at radius 2 is 1.71 bits per heavy atom. The Hall–Kier alpha value is -2.55. The summed E-state index contributed by atoms with van der Waals surface area (Å²) in [4.78, 5) is 12.0. The van der Waals surface area contributed by atoms with Crippen LogP contribution in [-0.4, -0.2) is 0 Å². The maximum Gasteiger partial charge on any atom is 0.289 e. The van der Waals surface area contributed by atoms with Crippen molar-refractivity contribution in [3.8, 4) is 5.95 Å². The molecule has 3 rings (SSSR count). The van der Waals surface area contributed by atoms with Crippen LogP contribution in [0.4, 0.5) is 0 Å². The Kier molecular flexibility index (Phi) is 4.99. The number of ether oxygens (including phenoxy) is 1. The van der Waals surface area contributed by atoms with Crippen molar-refractivity contribution in [2.24, 2.45) is 5.92 Å². The predicted molar refractivity (Wildman–Crippen MR) is 96.4 cm³/mol. The molecule has 0 atom stereocenters. The molecule has 3 nitrogen and oxygen atoms in total. The van der Waals surface area contributed by atoms with E-state index in [1.54, 1.807) is 12.1 Å². The van der Waals surface area contributed by atoms with Crippen LogP contribution in [0.3, 0.4) is 0 Å². The van der Waals surface area contributed by atoms with Gasteiger partial charge in [-0.15, -0.1) is 0 Å². The fourth-order valence-corrected chi connectivity index (χ4v) is 2.56. The minimum absolute atomic E-state index is 0.0871. The third-order valence-corrected chi connectivity index (χ3v) is 4.03. The first-order valence-corrected chi connectivity index (χ1v) is 8.35. The highest BCUT2D eigenvalue weighted by Crippen LogP contribution is 2.18. The highest BCUT2D eigenvalue weighted by atomic mass is 16.6. The molecule has 2 aromatic carbocycles. The van der Waals surface area contributed by atoms with Crippen molar-refractivity contribution in [1.29, 1.82) is 0 Å². The molecule has 0 N–H and O–H groups in total. The summed E-state index contributed by atoms with van der Waals surface area (Å²) in [6.07, 6.45) is 2.29. The van der Waals surface area contributed by atoms with E-state index < -0.39 is 0 Å². The summed E-state index contributed by atoms with van der Waals surface area (Å²) in [5.74, 6) is 0.964. The van der Waals surface area contributed by atoms with Crippen LogP contribution < -0.4 is 10.2 Å². The fraction of sp³-hybridized carbons (Fsp3) is 0.286. The molecule has 3 heteroatoms. The molecule has 0 radical (unpaired) electrons. The van der Waals surface area contributed by atoms with Crippen LogP contribution in [0, 0.1) is 5.92 Å². The van der Waals surface area contributed by atoms with Gasteiger partial charge in [0.15, 0.2) is 5.43 Å². The van der Waals surface area contributed by atoms with E-state index in [4.69, 9.17) is 9.15 Å². The minimum Gasteiger partial charge on any atom is -0.460 e. The number of rotatable bonds is 6. The number of hydrogen-bond donors (Lipinski definition) is 0. The highest BCUT2D eigenvalue weighted by molar-refractivity contribution is 5.76. The van der Waals surface area contributed by atoms with E-state index in [2.05, 4.69) is 38.1 Å². The number of benzene rings is 2. The molecule has 0 aliphatic heterocycles. The molecule has 1 aromatic heterocycles. The lowest BCUT2D eigenvalue weighted by Gasteiger charge is -2.08. The second-order valence-corrected chi connectivity index (χ2v) is 6.46. The Labute approximate surface area is 141 Å². The van der Waals surface area contributed by atoms with Crippen molar-refractivity contribution in [3.05, 3.63) is 75.9 Å². The van der Waals surface area contributed by atoms with E-state index in [1.807, 2.05) is 12.1 Å². The van der Waals surface area contributed by atoms with Gasteiger partial charge in [-0.05, 0) is 42.0 Å². The molecular formula is C21H22O3. The zero-order valence-corrected chi connectivity index (χ0v) is 14.1. The standard InChI is InChI=1S/C21H22O3/c1-15(2)7-8-16-9-11-17(12-10-16)14-23-21-13-19(22)18-5-3-4-6-20(18)24-21/h3-6,9-13,15H,7-8,14H2,1-2H3. The van der Waals surface area contributed by atoms with Crippen LogP contribution in [0.2, 0.25) is 0 Å². The molecule has 0 bridgehead atoms. The molecule has 0 aliphatic carbocycles. The van der Waals surface area contributed by atoms with Crippen molar-refractivity contribution >= 4 is 11.0 Å². The lowest BCUT2D eigenvalue weighted by molar-refractivity contribution is 0.235. The second-order valence-electron chi connectivity index (χ2n) is 6.46. The first-order chi connectivity index (χ1) is 11.6. The minimum atomic E-state index is -0.0871. The third kappa shape index (κ3) is 4.05. The van der Waals surface area contributed by atoms with Gasteiger partial charge in [-0.1, -0.05) is 50.2 Å². The Morgan fingerprint density at radius 1 is 1.00 bits per heavy atom. The van der Waals surface area contributed by atoms with Gasteiger partial charge in [-0.2, -0.15) is 0 Å². The molecule has 0 saturated heterocycles. The number of hydrogen-bond acceptors (Lipinski definition) is 3. The SMILES string of the molecule is CC(C)CCc1ccc(COc2cc(=O)c3ccccc3o2)cc1. The van der Waals surface area contributed by atoms with Gasteiger partial charge in [0, 0.05) is 0 Å². The number of fused-ring (bicyclic) bond motifs is 1. The topological polar surface area (TPSA) is 39.4 Å². The van der Waals surface area contributed by atoms with E-state index in [-0.39, 0.29) is 11.4 Å². The third-order valence-electron chi connectivity index (χ3n) is 4.03. The molecule has 1 heterocycles. The largest absolute Gasteiger partial charge is 0.460 e. The van der Waals surface area contributed by atoms with Crippen molar-refractivity contribution in [2.45, 2.75) is 33.3 Å². The van der Waals surface area contributed by atoms with Crippen LogP contribution in [0.1, 0.15) is 31.4 Å². The summed E-state index contributed by atoms with van der Waals surface area (Å²) in [5.41, 5.74) is 2.85. The van der Waals surface area contributed by atoms with Crippen molar-refractivity contribution in [1.82, 2.24) is 0 Å². The molecule has 0 aliphatic rings. The van der Waals surface area contributed by atoms with Gasteiger partial charge in [0.05, 0.1) is 11.5 Å². The summed E-state index contributed by atoms with van der Waals surface area (Å²) >= 11 is 0. The summed E-state index contributed by atoms with van der Waals surface area (Å²) in [6, 6.07) is 17.0. The molecule has 24 heavy (non-hydrogen) atoms. The maximum absolute atomic E-state index is 12.0. The normalized spacial score (nSPS) is 11.1. The van der Waals surface area contributed by atoms with Crippen molar-refractivity contribution < 1.29 is 9.15 Å². The second kappa shape index (κ2) is 7.35. The van der Waals surface area contributed by atoms with E-state index >= 15 is 0 Å². The fourth-order valence-electron chi connectivity index (χ4n) is 2.56. The van der Waals surface area contributed by atoms with Crippen LogP contribution in [0.5, 0.6) is 5.95 Å². The first-order valence-electron chi connectivity index (χ1n) is 8.35. The average molecular weight is 322 g/mol. The van der Waals surface area contributed by atoms with Gasteiger partial charge in [-0.25, -0.2) is 0 Å². The molecule has 0 amide bonds. The number of aryl methyl sites for hydroxylation is 1. The lowest BCUT2D eigenvalue weighted by Crippen LogP contribution is -2.03. The van der Waals surface area contributed by atoms with Crippen LogP contribution in [-0.2, 0) is 13.0 Å². The number of para-hydroxylation sites is 1. The molecule has 0 spiro atoms. The molecule has 0 saturated carbocycles. The van der Waals surface area contributed by atoms with Crippen LogP contribution in [0.15, 0.2) is 63.8 Å². The van der Waals surface area contributed by atoms with Gasteiger partial charge >= 0.3 is 0 Å². The Bertz CT molecular complexity index is 860. The summed E-state index contributed by atoms with van der Waals surface area (Å²) in [6.45, 7) is 4.85. The van der Waals surface area contributed by atoms with E-state index in [0.29, 0.717) is 23.5 Å².